The largest absolute Gasteiger partial charge is 0.376 e. The maximum absolute atomic E-state index is 12.9. The molecule has 0 spiro atoms. The summed E-state index contributed by atoms with van der Waals surface area (Å²) in [4.78, 5) is 0.840. The fourth-order valence-electron chi connectivity index (χ4n) is 3.22. The summed E-state index contributed by atoms with van der Waals surface area (Å²) < 4.78 is 18.7. The average Bonchev–Trinajstić information content (AvgIpc) is 2.66. The Kier molecular flexibility index (Phi) is 6.25. The van der Waals surface area contributed by atoms with Crippen molar-refractivity contribution in [1.82, 2.24) is 0 Å². The first-order valence-corrected chi connectivity index (χ1v) is 10.5. The summed E-state index contributed by atoms with van der Waals surface area (Å²) in [6, 6.07) is 22.7. The molecule has 0 saturated carbocycles. The number of ether oxygens (including phenoxy) is 1. The molecular formula is C24H26O2S. The van der Waals surface area contributed by atoms with Crippen molar-refractivity contribution in [3.63, 3.8) is 0 Å². The van der Waals surface area contributed by atoms with E-state index in [1.165, 1.54) is 16.7 Å². The molecule has 0 fully saturated rings. The number of aryl methyl sites for hydroxylation is 3. The smallest absolute Gasteiger partial charge is 0.0945 e. The summed E-state index contributed by atoms with van der Waals surface area (Å²) in [5.74, 6) is 0.432. The van der Waals surface area contributed by atoms with Crippen LogP contribution in [0.3, 0.4) is 0 Å². The third-order valence-electron chi connectivity index (χ3n) is 4.76. The van der Waals surface area contributed by atoms with Gasteiger partial charge in [-0.1, -0.05) is 71.3 Å². The van der Waals surface area contributed by atoms with Crippen LogP contribution in [-0.4, -0.2) is 17.1 Å². The van der Waals surface area contributed by atoms with E-state index in [0.717, 1.165) is 21.6 Å². The molecule has 2 nitrogen and oxygen atoms in total. The highest BCUT2D eigenvalue weighted by Gasteiger charge is 2.20. The molecule has 0 amide bonds. The molecule has 3 rings (SSSR count). The van der Waals surface area contributed by atoms with Crippen LogP contribution in [0, 0.1) is 20.8 Å². The zero-order valence-electron chi connectivity index (χ0n) is 16.4. The molecule has 0 N–H and O–H groups in total. The topological polar surface area (TPSA) is 26.3 Å². The van der Waals surface area contributed by atoms with Crippen LogP contribution in [0.25, 0.3) is 11.1 Å². The van der Waals surface area contributed by atoms with E-state index >= 15 is 0 Å². The van der Waals surface area contributed by atoms with Gasteiger partial charge in [-0.2, -0.15) is 0 Å². The van der Waals surface area contributed by atoms with Gasteiger partial charge in [0.15, 0.2) is 0 Å². The number of benzene rings is 3. The Morgan fingerprint density at radius 3 is 2.19 bits per heavy atom. The second-order valence-corrected chi connectivity index (χ2v) is 8.51. The van der Waals surface area contributed by atoms with Gasteiger partial charge in [0.25, 0.3) is 0 Å². The molecule has 3 heteroatoms. The molecule has 3 aromatic rings. The third-order valence-corrected chi connectivity index (χ3v) is 6.16. The van der Waals surface area contributed by atoms with Gasteiger partial charge in [-0.3, -0.25) is 4.21 Å². The number of hydrogen-bond acceptors (Lipinski definition) is 2. The highest BCUT2D eigenvalue weighted by Crippen LogP contribution is 2.32. The van der Waals surface area contributed by atoms with Crippen LogP contribution in [0.5, 0.6) is 0 Å². The van der Waals surface area contributed by atoms with Crippen molar-refractivity contribution in [2.75, 3.05) is 12.9 Å². The zero-order valence-corrected chi connectivity index (χ0v) is 17.2. The zero-order chi connectivity index (χ0) is 19.4. The molecule has 0 bridgehead atoms. The summed E-state index contributed by atoms with van der Waals surface area (Å²) in [6.45, 7) is 6.22. The van der Waals surface area contributed by atoms with Crippen molar-refractivity contribution in [3.8, 4) is 11.1 Å². The van der Waals surface area contributed by atoms with Crippen LogP contribution >= 0.6 is 0 Å². The van der Waals surface area contributed by atoms with Gasteiger partial charge in [0.05, 0.1) is 22.7 Å². The van der Waals surface area contributed by atoms with Crippen molar-refractivity contribution >= 4 is 10.8 Å². The Labute approximate surface area is 164 Å². The van der Waals surface area contributed by atoms with Gasteiger partial charge in [0, 0.05) is 12.0 Å². The first kappa shape index (κ1) is 19.5. The van der Waals surface area contributed by atoms with Gasteiger partial charge in [-0.25, -0.2) is 0 Å². The maximum Gasteiger partial charge on any atom is 0.0945 e. The molecule has 3 aromatic carbocycles. The van der Waals surface area contributed by atoms with Crippen LogP contribution < -0.4 is 0 Å². The lowest BCUT2D eigenvalue weighted by molar-refractivity contribution is 0.123. The lowest BCUT2D eigenvalue weighted by Gasteiger charge is -2.20. The first-order valence-electron chi connectivity index (χ1n) is 9.13. The van der Waals surface area contributed by atoms with E-state index in [-0.39, 0.29) is 6.10 Å². The molecule has 27 heavy (non-hydrogen) atoms. The molecule has 140 valence electrons. The Hall–Kier alpha value is -2.23. The fourth-order valence-corrected chi connectivity index (χ4v) is 4.44. The van der Waals surface area contributed by atoms with E-state index in [9.17, 15) is 4.21 Å². The summed E-state index contributed by atoms with van der Waals surface area (Å²) in [6.07, 6.45) is -0.233. The molecular weight excluding hydrogens is 352 g/mol. The Morgan fingerprint density at radius 1 is 0.852 bits per heavy atom. The van der Waals surface area contributed by atoms with Gasteiger partial charge in [0.1, 0.15) is 0 Å². The molecule has 0 aromatic heterocycles. The van der Waals surface area contributed by atoms with E-state index in [4.69, 9.17) is 4.74 Å². The second-order valence-electron chi connectivity index (χ2n) is 7.01. The lowest BCUT2D eigenvalue weighted by Crippen LogP contribution is -2.13. The molecule has 0 saturated heterocycles. The average molecular weight is 379 g/mol. The van der Waals surface area contributed by atoms with Gasteiger partial charge < -0.3 is 4.74 Å². The van der Waals surface area contributed by atoms with Crippen molar-refractivity contribution in [3.05, 3.63) is 89.0 Å². The maximum atomic E-state index is 12.9. The number of methoxy groups -OCH3 is 1. The number of hydrogen-bond donors (Lipinski definition) is 0. The lowest BCUT2D eigenvalue weighted by atomic mass is 9.94. The Bertz CT molecular complexity index is 945. The standard InChI is InChI=1S/C24H26O2S/c1-17-8-11-21(12-9-17)27(25)16-24(26-4)22-13-10-19(3)15-23(22)20-7-5-6-18(2)14-20/h5-15,24H,16H2,1-4H3/t24-,27?/m0/s1. The molecule has 0 aliphatic rings. The van der Waals surface area contributed by atoms with E-state index in [0.29, 0.717) is 5.75 Å². The van der Waals surface area contributed by atoms with Crippen LogP contribution in [-0.2, 0) is 15.5 Å². The minimum absolute atomic E-state index is 0.233. The predicted octanol–water partition coefficient (Wildman–Crippen LogP) is 5.77. The highest BCUT2D eigenvalue weighted by atomic mass is 32.2. The molecule has 0 aliphatic heterocycles. The first-order chi connectivity index (χ1) is 13.0. The normalized spacial score (nSPS) is 13.3. The summed E-state index contributed by atoms with van der Waals surface area (Å²) in [7, 11) is 0.570. The monoisotopic (exact) mass is 378 g/mol. The molecule has 0 radical (unpaired) electrons. The molecule has 0 heterocycles. The third kappa shape index (κ3) is 4.74. The molecule has 2 atom stereocenters. The predicted molar refractivity (Wildman–Crippen MR) is 114 cm³/mol. The van der Waals surface area contributed by atoms with Crippen molar-refractivity contribution in [1.29, 1.82) is 0 Å². The van der Waals surface area contributed by atoms with Crippen LogP contribution in [0.2, 0.25) is 0 Å². The van der Waals surface area contributed by atoms with E-state index in [2.05, 4.69) is 56.3 Å². The molecule has 0 aliphatic carbocycles. The SMILES string of the molecule is CO[C@@H](CS(=O)c1ccc(C)cc1)c1ccc(C)cc1-c1cccc(C)c1. The van der Waals surface area contributed by atoms with Gasteiger partial charge in [0.2, 0.25) is 0 Å². The van der Waals surface area contributed by atoms with Gasteiger partial charge >= 0.3 is 0 Å². The quantitative estimate of drug-likeness (QED) is 0.544. The summed E-state index contributed by atoms with van der Waals surface area (Å²) in [5.41, 5.74) is 6.97. The Balaban J connectivity index is 1.95. The van der Waals surface area contributed by atoms with E-state index < -0.39 is 10.8 Å². The fraction of sp³-hybridized carbons (Fsp3) is 0.250. The summed E-state index contributed by atoms with van der Waals surface area (Å²) in [5, 5.41) is 0. The van der Waals surface area contributed by atoms with Crippen LogP contribution in [0.15, 0.2) is 71.6 Å². The number of rotatable bonds is 6. The van der Waals surface area contributed by atoms with Crippen LogP contribution in [0.1, 0.15) is 28.4 Å². The van der Waals surface area contributed by atoms with Crippen LogP contribution in [0.4, 0.5) is 0 Å². The van der Waals surface area contributed by atoms with Crippen molar-refractivity contribution in [2.24, 2.45) is 0 Å². The summed E-state index contributed by atoms with van der Waals surface area (Å²) >= 11 is 0. The Morgan fingerprint density at radius 2 is 1.52 bits per heavy atom. The second kappa shape index (κ2) is 8.64. The van der Waals surface area contributed by atoms with E-state index in [1.807, 2.05) is 31.2 Å². The van der Waals surface area contributed by atoms with Crippen molar-refractivity contribution < 1.29 is 8.95 Å². The minimum atomic E-state index is -1.12. The van der Waals surface area contributed by atoms with Gasteiger partial charge in [-0.05, 0) is 49.6 Å². The molecule has 1 unspecified atom stereocenters. The van der Waals surface area contributed by atoms with Gasteiger partial charge in [-0.15, -0.1) is 0 Å². The highest BCUT2D eigenvalue weighted by molar-refractivity contribution is 7.85. The minimum Gasteiger partial charge on any atom is -0.376 e. The van der Waals surface area contributed by atoms with Crippen molar-refractivity contribution in [2.45, 2.75) is 31.8 Å². The van der Waals surface area contributed by atoms with E-state index in [1.54, 1.807) is 7.11 Å².